The Balaban J connectivity index is 0.883. The summed E-state index contributed by atoms with van der Waals surface area (Å²) in [5, 5.41) is 16.5. The van der Waals surface area contributed by atoms with Gasteiger partial charge >= 0.3 is 11.9 Å². The molecule has 0 aliphatic carbocycles. The summed E-state index contributed by atoms with van der Waals surface area (Å²) in [6, 6.07) is 56.8. The molecule has 2 aromatic heterocycles. The third kappa shape index (κ3) is 7.79. The minimum atomic E-state index is -0.466. The second-order valence-corrected chi connectivity index (χ2v) is 16.0. The van der Waals surface area contributed by atoms with Crippen LogP contribution in [0.2, 0.25) is 0 Å². The molecule has 10 rings (SSSR count). The van der Waals surface area contributed by atoms with E-state index in [9.17, 15) is 9.59 Å². The zero-order chi connectivity index (χ0) is 41.8. The molecule has 6 aromatic carbocycles. The van der Waals surface area contributed by atoms with Gasteiger partial charge in [0.05, 0.1) is 22.5 Å². The maximum atomic E-state index is 12.6. The number of anilines is 6. The lowest BCUT2D eigenvalue weighted by molar-refractivity contribution is -0.137. The topological polar surface area (TPSA) is 83.8 Å². The minimum Gasteiger partial charge on any atom is -0.312 e. The van der Waals surface area contributed by atoms with Gasteiger partial charge in [0.1, 0.15) is 11.4 Å². The van der Waals surface area contributed by atoms with Gasteiger partial charge in [-0.2, -0.15) is 22.7 Å². The highest BCUT2D eigenvalue weighted by Gasteiger charge is 2.28. The third-order valence-corrected chi connectivity index (χ3v) is 11.9. The normalized spacial score (nSPS) is 14.7. The Morgan fingerprint density at radius 2 is 0.742 bits per heavy atom. The molecular weight excluding hydrogens is 809 g/mol. The number of carbonyl (C=O) groups excluding carboxylic acids is 2. The molecule has 0 bridgehead atoms. The molecule has 10 heteroatoms. The summed E-state index contributed by atoms with van der Waals surface area (Å²) in [7, 11) is 0. The van der Waals surface area contributed by atoms with Gasteiger partial charge in [-0.25, -0.2) is 9.59 Å². The van der Waals surface area contributed by atoms with E-state index in [-0.39, 0.29) is 0 Å². The number of nitrogens with zero attached hydrogens (tertiary/aromatic N) is 4. The van der Waals surface area contributed by atoms with Gasteiger partial charge in [0.25, 0.3) is 0 Å². The van der Waals surface area contributed by atoms with Gasteiger partial charge < -0.3 is 19.5 Å². The molecule has 2 aliphatic heterocycles. The quantitative estimate of drug-likeness (QED) is 0.0952. The number of carbonyl (C=O) groups is 2. The van der Waals surface area contributed by atoms with Gasteiger partial charge in [0, 0.05) is 44.6 Å². The number of benzene rings is 6. The first-order chi connectivity index (χ1) is 30.6. The summed E-state index contributed by atoms with van der Waals surface area (Å²) in [4.78, 5) is 39.8. The van der Waals surface area contributed by atoms with Crippen molar-refractivity contribution in [3.05, 3.63) is 225 Å². The van der Waals surface area contributed by atoms with Crippen LogP contribution in [0.15, 0.2) is 213 Å². The van der Waals surface area contributed by atoms with Gasteiger partial charge in [-0.05, 0) is 106 Å². The summed E-state index contributed by atoms with van der Waals surface area (Å²) < 4.78 is 0. The largest absolute Gasteiger partial charge is 0.368 e. The second kappa shape index (κ2) is 17.0. The Morgan fingerprint density at radius 1 is 0.387 bits per heavy atom. The fraction of sp³-hybridized carbons (Fsp3) is 0. The molecule has 0 amide bonds. The maximum Gasteiger partial charge on any atom is 0.368 e. The van der Waals surface area contributed by atoms with Crippen molar-refractivity contribution < 1.29 is 19.3 Å². The average molecular weight is 843 g/mol. The van der Waals surface area contributed by atoms with Crippen LogP contribution in [-0.4, -0.2) is 23.4 Å². The molecule has 62 heavy (non-hydrogen) atoms. The molecule has 8 nitrogen and oxygen atoms in total. The van der Waals surface area contributed by atoms with Crippen molar-refractivity contribution in [2.75, 3.05) is 9.80 Å². The van der Waals surface area contributed by atoms with Crippen LogP contribution in [0.1, 0.15) is 22.3 Å². The lowest BCUT2D eigenvalue weighted by Crippen LogP contribution is -2.09. The van der Waals surface area contributed by atoms with E-state index >= 15 is 0 Å². The number of thiophene rings is 2. The molecule has 4 heterocycles. The van der Waals surface area contributed by atoms with E-state index in [1.165, 1.54) is 0 Å². The number of hydrogen-bond donors (Lipinski definition) is 0. The predicted octanol–water partition coefficient (Wildman–Crippen LogP) is 13.1. The fourth-order valence-corrected chi connectivity index (χ4v) is 8.71. The van der Waals surface area contributed by atoms with E-state index in [4.69, 9.17) is 9.68 Å². The van der Waals surface area contributed by atoms with Crippen molar-refractivity contribution in [3.8, 4) is 11.1 Å². The summed E-state index contributed by atoms with van der Waals surface area (Å²) in [6.07, 6.45) is 3.64. The van der Waals surface area contributed by atoms with Gasteiger partial charge in [-0.1, -0.05) is 120 Å². The van der Waals surface area contributed by atoms with Gasteiger partial charge in [0.2, 0.25) is 0 Å². The van der Waals surface area contributed by atoms with Crippen molar-refractivity contribution in [2.45, 2.75) is 0 Å². The minimum absolute atomic E-state index is 0.424. The zero-order valence-electron chi connectivity index (χ0n) is 32.9. The van der Waals surface area contributed by atoms with Crippen LogP contribution >= 0.6 is 22.7 Å². The zero-order valence-corrected chi connectivity index (χ0v) is 34.5. The molecule has 0 fully saturated rings. The molecule has 0 radical (unpaired) electrons. The van der Waals surface area contributed by atoms with E-state index in [2.05, 4.69) is 127 Å². The lowest BCUT2D eigenvalue weighted by Gasteiger charge is -2.25. The van der Waals surface area contributed by atoms with Gasteiger partial charge in [-0.3, -0.25) is 0 Å². The maximum absolute atomic E-state index is 12.6. The van der Waals surface area contributed by atoms with Crippen LogP contribution in [0.5, 0.6) is 0 Å². The highest BCUT2D eigenvalue weighted by Crippen LogP contribution is 2.39. The first-order valence-corrected chi connectivity index (χ1v) is 21.6. The van der Waals surface area contributed by atoms with Crippen LogP contribution in [0, 0.1) is 0 Å². The number of rotatable bonds is 11. The monoisotopic (exact) mass is 842 g/mol. The molecule has 8 aromatic rings. The molecule has 2 aliphatic rings. The van der Waals surface area contributed by atoms with Crippen LogP contribution in [0.25, 0.3) is 23.3 Å². The van der Waals surface area contributed by atoms with Crippen molar-refractivity contribution in [3.63, 3.8) is 0 Å². The van der Waals surface area contributed by atoms with Crippen LogP contribution in [0.3, 0.4) is 0 Å². The number of oxime groups is 2. The first kappa shape index (κ1) is 38.3. The molecule has 0 spiro atoms. The van der Waals surface area contributed by atoms with Crippen molar-refractivity contribution >= 4 is 92.3 Å². The average Bonchev–Trinajstić information content (AvgIpc) is 4.17. The highest BCUT2D eigenvalue weighted by molar-refractivity contribution is 7.08. The second-order valence-electron chi connectivity index (χ2n) is 14.4. The SMILES string of the molecule is O=C1ON=C(c2ccccc2)/C1=C/c1ccc(N(c2ccc(-c3ccc(N(c4ccc(/C=C5\C(=O)ON=C5c5ccccc5)cc4)c4ccsc4)cc3)cc2)c2ccsc2)cc1. The van der Waals surface area contributed by atoms with E-state index in [1.807, 2.05) is 97.1 Å². The Bertz CT molecular complexity index is 2790. The Hall–Kier alpha value is -7.92. The summed E-state index contributed by atoms with van der Waals surface area (Å²) in [5.41, 5.74) is 13.6. The number of hydrogen-bond acceptors (Lipinski definition) is 10. The van der Waals surface area contributed by atoms with Crippen molar-refractivity contribution in [1.29, 1.82) is 0 Å². The Kier molecular flexibility index (Phi) is 10.5. The Labute approximate surface area is 365 Å². The predicted molar refractivity (Wildman–Crippen MR) is 251 cm³/mol. The molecule has 0 N–H and O–H groups in total. The highest BCUT2D eigenvalue weighted by atomic mass is 32.1. The van der Waals surface area contributed by atoms with E-state index < -0.39 is 11.9 Å². The van der Waals surface area contributed by atoms with E-state index in [1.54, 1.807) is 22.7 Å². The van der Waals surface area contributed by atoms with Crippen LogP contribution in [-0.2, 0) is 19.3 Å². The summed E-state index contributed by atoms with van der Waals surface area (Å²) in [5.74, 6) is -0.933. The van der Waals surface area contributed by atoms with Crippen molar-refractivity contribution in [2.24, 2.45) is 10.3 Å². The van der Waals surface area contributed by atoms with Crippen molar-refractivity contribution in [1.82, 2.24) is 0 Å². The van der Waals surface area contributed by atoms with Gasteiger partial charge in [0.15, 0.2) is 0 Å². The standard InChI is InChI=1S/C52H34N4O4S2/c57-51-47(49(53-59-51)39-7-3-1-4-8-39)31-35-11-19-41(20-12-35)55(45-27-29-61-33-45)43-23-15-37(16-24-43)38-17-25-44(26-18-38)56(46-28-30-62-34-46)42-21-13-36(14-22-42)32-48-50(54-60-52(48)58)40-9-5-2-6-10-40/h1-34H/b47-31-,48-32-. The summed E-state index contributed by atoms with van der Waals surface area (Å²) in [6.45, 7) is 0. The molecular formula is C52H34N4O4S2. The molecule has 0 saturated heterocycles. The van der Waals surface area contributed by atoms with Crippen LogP contribution < -0.4 is 9.80 Å². The molecule has 298 valence electrons. The smallest absolute Gasteiger partial charge is 0.312 e. The fourth-order valence-electron chi connectivity index (χ4n) is 7.47. The summed E-state index contributed by atoms with van der Waals surface area (Å²) >= 11 is 3.29. The molecule has 0 atom stereocenters. The molecule has 0 saturated carbocycles. The molecule has 0 unspecified atom stereocenters. The van der Waals surface area contributed by atoms with E-state index in [0.29, 0.717) is 22.6 Å². The first-order valence-electron chi connectivity index (χ1n) is 19.7. The third-order valence-electron chi connectivity index (χ3n) is 10.5. The van der Waals surface area contributed by atoms with E-state index in [0.717, 1.165) is 67.5 Å². The Morgan fingerprint density at radius 3 is 1.08 bits per heavy atom. The van der Waals surface area contributed by atoms with Crippen LogP contribution in [0.4, 0.5) is 34.1 Å². The lowest BCUT2D eigenvalue weighted by atomic mass is 10.0. The van der Waals surface area contributed by atoms with Gasteiger partial charge in [-0.15, -0.1) is 0 Å².